The number of alkyl halides is 3. The molecule has 2 heterocycles. The molecule has 1 aliphatic heterocycles. The molecule has 0 bridgehead atoms. The highest BCUT2D eigenvalue weighted by Crippen LogP contribution is 2.32. The zero-order valence-corrected chi connectivity index (χ0v) is 12.3. The number of halogens is 3. The minimum Gasteiger partial charge on any atom is -0.315 e. The molecule has 0 saturated carbocycles. The zero-order valence-electron chi connectivity index (χ0n) is 11.5. The quantitative estimate of drug-likeness (QED) is 0.812. The first-order chi connectivity index (χ1) is 9.55. The second kappa shape index (κ2) is 7.43. The predicted octanol–water partition coefficient (Wildman–Crippen LogP) is 3.15. The molecule has 1 aliphatic rings. The first-order valence-corrected chi connectivity index (χ1v) is 7.96. The summed E-state index contributed by atoms with van der Waals surface area (Å²) in [5.41, 5.74) is 0. The summed E-state index contributed by atoms with van der Waals surface area (Å²) in [6, 6.07) is 4.13. The third-order valence-electron chi connectivity index (χ3n) is 3.70. The molecule has 1 aromatic rings. The highest BCUT2D eigenvalue weighted by Gasteiger charge is 2.41. The maximum absolute atomic E-state index is 12.7. The molecule has 0 amide bonds. The molecule has 1 fully saturated rings. The second-order valence-electron chi connectivity index (χ2n) is 5.26. The van der Waals surface area contributed by atoms with Crippen molar-refractivity contribution < 1.29 is 13.2 Å². The Balaban J connectivity index is 1.59. The molecule has 114 valence electrons. The number of rotatable bonds is 6. The van der Waals surface area contributed by atoms with Crippen molar-refractivity contribution in [1.82, 2.24) is 10.2 Å². The van der Waals surface area contributed by atoms with Crippen LogP contribution in [0.3, 0.4) is 0 Å². The molecule has 1 saturated heterocycles. The highest BCUT2D eigenvalue weighted by atomic mass is 32.1. The van der Waals surface area contributed by atoms with Crippen LogP contribution >= 0.6 is 11.3 Å². The van der Waals surface area contributed by atoms with Crippen molar-refractivity contribution in [2.45, 2.75) is 25.4 Å². The molecule has 1 N–H and O–H groups in total. The van der Waals surface area contributed by atoms with Crippen LogP contribution in [0.5, 0.6) is 0 Å². The Morgan fingerprint density at radius 2 is 2.20 bits per heavy atom. The maximum atomic E-state index is 12.7. The fourth-order valence-corrected chi connectivity index (χ4v) is 3.26. The van der Waals surface area contributed by atoms with E-state index in [2.05, 4.69) is 16.8 Å². The summed E-state index contributed by atoms with van der Waals surface area (Å²) in [7, 11) is 0. The van der Waals surface area contributed by atoms with Gasteiger partial charge in [0.1, 0.15) is 0 Å². The van der Waals surface area contributed by atoms with Gasteiger partial charge in [0.15, 0.2) is 0 Å². The second-order valence-corrected chi connectivity index (χ2v) is 6.29. The summed E-state index contributed by atoms with van der Waals surface area (Å²) in [4.78, 5) is 3.27. The van der Waals surface area contributed by atoms with E-state index >= 15 is 0 Å². The van der Waals surface area contributed by atoms with Crippen LogP contribution < -0.4 is 5.32 Å². The van der Waals surface area contributed by atoms with Gasteiger partial charge >= 0.3 is 6.18 Å². The van der Waals surface area contributed by atoms with Crippen molar-refractivity contribution in [2.24, 2.45) is 5.92 Å². The summed E-state index contributed by atoms with van der Waals surface area (Å²) in [6.07, 6.45) is -2.11. The first kappa shape index (κ1) is 15.8. The fraction of sp³-hybridized carbons (Fsp3) is 0.714. The lowest BCUT2D eigenvalue weighted by atomic mass is 9.97. The lowest BCUT2D eigenvalue weighted by Gasteiger charge is -2.33. The third-order valence-corrected chi connectivity index (χ3v) is 4.64. The van der Waals surface area contributed by atoms with Crippen LogP contribution in [0, 0.1) is 5.92 Å². The first-order valence-electron chi connectivity index (χ1n) is 7.08. The Labute approximate surface area is 122 Å². The Morgan fingerprint density at radius 1 is 1.35 bits per heavy atom. The van der Waals surface area contributed by atoms with Crippen LogP contribution in [0.2, 0.25) is 0 Å². The van der Waals surface area contributed by atoms with Crippen LogP contribution in [0.1, 0.15) is 17.7 Å². The normalized spacial score (nSPS) is 21.2. The zero-order chi connectivity index (χ0) is 14.4. The molecule has 0 aliphatic carbocycles. The van der Waals surface area contributed by atoms with Crippen LogP contribution in [0.15, 0.2) is 17.5 Å². The van der Waals surface area contributed by atoms with E-state index < -0.39 is 12.1 Å². The van der Waals surface area contributed by atoms with E-state index in [1.165, 1.54) is 4.88 Å². The fourth-order valence-electron chi connectivity index (χ4n) is 2.55. The van der Waals surface area contributed by atoms with Gasteiger partial charge in [-0.25, -0.2) is 0 Å². The van der Waals surface area contributed by atoms with Crippen LogP contribution in [-0.2, 0) is 6.42 Å². The van der Waals surface area contributed by atoms with Gasteiger partial charge in [-0.1, -0.05) is 6.07 Å². The number of thiophene rings is 1. The molecule has 20 heavy (non-hydrogen) atoms. The Hall–Kier alpha value is -0.590. The van der Waals surface area contributed by atoms with Gasteiger partial charge in [0, 0.05) is 31.1 Å². The van der Waals surface area contributed by atoms with E-state index in [9.17, 15) is 13.2 Å². The van der Waals surface area contributed by atoms with Gasteiger partial charge in [-0.3, -0.25) is 0 Å². The number of hydrogen-bond acceptors (Lipinski definition) is 3. The molecule has 0 aromatic carbocycles. The smallest absolute Gasteiger partial charge is 0.315 e. The van der Waals surface area contributed by atoms with E-state index in [1.54, 1.807) is 11.3 Å². The van der Waals surface area contributed by atoms with Crippen molar-refractivity contribution in [1.29, 1.82) is 0 Å². The van der Waals surface area contributed by atoms with Crippen LogP contribution in [0.4, 0.5) is 13.2 Å². The monoisotopic (exact) mass is 306 g/mol. The summed E-state index contributed by atoms with van der Waals surface area (Å²) in [5.74, 6) is -1.14. The van der Waals surface area contributed by atoms with Crippen molar-refractivity contribution in [2.75, 3.05) is 32.7 Å². The maximum Gasteiger partial charge on any atom is 0.393 e. The molecule has 0 radical (unpaired) electrons. The SMILES string of the molecule is FC(F)(F)C1CCCN(CCNCCc2cccs2)C1. The van der Waals surface area contributed by atoms with Crippen molar-refractivity contribution in [3.63, 3.8) is 0 Å². The van der Waals surface area contributed by atoms with Gasteiger partial charge in [0.2, 0.25) is 0 Å². The molecule has 2 nitrogen and oxygen atoms in total. The molecular weight excluding hydrogens is 285 g/mol. The summed E-state index contributed by atoms with van der Waals surface area (Å²) in [5, 5.41) is 5.36. The van der Waals surface area contributed by atoms with Gasteiger partial charge in [-0.05, 0) is 37.3 Å². The summed E-state index contributed by atoms with van der Waals surface area (Å²) in [6.45, 7) is 3.30. The Morgan fingerprint density at radius 3 is 2.90 bits per heavy atom. The predicted molar refractivity (Wildman–Crippen MR) is 76.1 cm³/mol. The summed E-state index contributed by atoms with van der Waals surface area (Å²) >= 11 is 1.74. The molecule has 1 unspecified atom stereocenters. The third kappa shape index (κ3) is 5.07. The minimum absolute atomic E-state index is 0.163. The average molecular weight is 306 g/mol. The number of hydrogen-bond donors (Lipinski definition) is 1. The molecule has 6 heteroatoms. The van der Waals surface area contributed by atoms with E-state index in [1.807, 2.05) is 11.0 Å². The van der Waals surface area contributed by atoms with Crippen molar-refractivity contribution in [3.05, 3.63) is 22.4 Å². The van der Waals surface area contributed by atoms with E-state index in [0.29, 0.717) is 13.0 Å². The van der Waals surface area contributed by atoms with Crippen LogP contribution in [-0.4, -0.2) is 43.8 Å². The van der Waals surface area contributed by atoms with E-state index in [4.69, 9.17) is 0 Å². The van der Waals surface area contributed by atoms with Crippen LogP contribution in [0.25, 0.3) is 0 Å². The summed E-state index contributed by atoms with van der Waals surface area (Å²) < 4.78 is 38.0. The molecule has 0 spiro atoms. The standard InChI is InChI=1S/C14H21F3N2S/c15-14(16,17)12-3-1-8-19(11-12)9-7-18-6-5-13-4-2-10-20-13/h2,4,10,12,18H,1,3,5-9,11H2. The lowest BCUT2D eigenvalue weighted by Crippen LogP contribution is -2.44. The average Bonchev–Trinajstić information content (AvgIpc) is 2.91. The largest absolute Gasteiger partial charge is 0.393 e. The van der Waals surface area contributed by atoms with Gasteiger partial charge in [-0.2, -0.15) is 13.2 Å². The molecule has 1 atom stereocenters. The van der Waals surface area contributed by atoms with E-state index in [0.717, 1.165) is 26.1 Å². The minimum atomic E-state index is -4.04. The van der Waals surface area contributed by atoms with E-state index in [-0.39, 0.29) is 13.0 Å². The number of piperidine rings is 1. The lowest BCUT2D eigenvalue weighted by molar-refractivity contribution is -0.186. The number of nitrogens with zero attached hydrogens (tertiary/aromatic N) is 1. The Kier molecular flexibility index (Phi) is 5.86. The number of nitrogens with one attached hydrogen (secondary N) is 1. The highest BCUT2D eigenvalue weighted by molar-refractivity contribution is 7.09. The number of likely N-dealkylation sites (tertiary alicyclic amines) is 1. The molecular formula is C14H21F3N2S. The van der Waals surface area contributed by atoms with Gasteiger partial charge in [0.25, 0.3) is 0 Å². The molecule has 2 rings (SSSR count). The van der Waals surface area contributed by atoms with Crippen molar-refractivity contribution >= 4 is 11.3 Å². The van der Waals surface area contributed by atoms with Gasteiger partial charge in [0.05, 0.1) is 5.92 Å². The topological polar surface area (TPSA) is 15.3 Å². The van der Waals surface area contributed by atoms with Gasteiger partial charge < -0.3 is 10.2 Å². The van der Waals surface area contributed by atoms with Crippen molar-refractivity contribution in [3.8, 4) is 0 Å². The van der Waals surface area contributed by atoms with Gasteiger partial charge in [-0.15, -0.1) is 11.3 Å². The Bertz CT molecular complexity index is 378. The molecule has 1 aromatic heterocycles.